The molecule has 0 aliphatic carbocycles. The second-order valence-electron chi connectivity index (χ2n) is 5.33. The molecule has 0 aromatic heterocycles. The van der Waals surface area contributed by atoms with E-state index in [1.807, 2.05) is 0 Å². The van der Waals surface area contributed by atoms with Gasteiger partial charge in [-0.25, -0.2) is 0 Å². The molecule has 1 aliphatic rings. The van der Waals surface area contributed by atoms with Crippen LogP contribution in [0.4, 0.5) is 0 Å². The Balaban J connectivity index is 2.28. The van der Waals surface area contributed by atoms with Crippen molar-refractivity contribution in [2.75, 3.05) is 19.7 Å². The number of aliphatic hydroxyl groups is 1. The van der Waals surface area contributed by atoms with Crippen LogP contribution in [-0.4, -0.2) is 35.7 Å². The maximum atomic E-state index is 9.12. The molecule has 1 aliphatic heterocycles. The van der Waals surface area contributed by atoms with Crippen molar-refractivity contribution in [1.82, 2.24) is 4.90 Å². The molecule has 0 amide bonds. The van der Waals surface area contributed by atoms with Crippen molar-refractivity contribution < 1.29 is 5.11 Å². The van der Waals surface area contributed by atoms with Gasteiger partial charge in [0.1, 0.15) is 0 Å². The van der Waals surface area contributed by atoms with E-state index in [0.717, 1.165) is 6.54 Å². The zero-order chi connectivity index (χ0) is 9.90. The smallest absolute Gasteiger partial charge is 0.0586 e. The lowest BCUT2D eigenvalue weighted by Crippen LogP contribution is -2.34. The van der Waals surface area contributed by atoms with Gasteiger partial charge in [0.05, 0.1) is 6.61 Å². The van der Waals surface area contributed by atoms with Crippen LogP contribution < -0.4 is 0 Å². The van der Waals surface area contributed by atoms with Gasteiger partial charge < -0.3 is 5.11 Å². The van der Waals surface area contributed by atoms with Gasteiger partial charge in [0.15, 0.2) is 0 Å². The topological polar surface area (TPSA) is 23.5 Å². The molecule has 13 heavy (non-hydrogen) atoms. The van der Waals surface area contributed by atoms with Gasteiger partial charge in [0.2, 0.25) is 0 Å². The predicted octanol–water partition coefficient (Wildman–Crippen LogP) is 1.88. The molecule has 0 spiro atoms. The van der Waals surface area contributed by atoms with E-state index < -0.39 is 0 Å². The van der Waals surface area contributed by atoms with Crippen LogP contribution in [-0.2, 0) is 0 Å². The molecule has 1 N–H and O–H groups in total. The second-order valence-corrected chi connectivity index (χ2v) is 5.33. The van der Waals surface area contributed by atoms with Crippen molar-refractivity contribution >= 4 is 0 Å². The molecule has 1 atom stereocenters. The summed E-state index contributed by atoms with van der Waals surface area (Å²) in [4.78, 5) is 2.44. The zero-order valence-electron chi connectivity index (χ0n) is 9.21. The summed E-state index contributed by atoms with van der Waals surface area (Å²) in [5, 5.41) is 9.12. The summed E-state index contributed by atoms with van der Waals surface area (Å²) in [6.07, 6.45) is 3.67. The molecule has 0 unspecified atom stereocenters. The fourth-order valence-electron chi connectivity index (χ4n) is 1.88. The minimum atomic E-state index is 0.337. The minimum absolute atomic E-state index is 0.337. The molecular formula is C11H23NO. The Kier molecular flexibility index (Phi) is 3.74. The lowest BCUT2D eigenvalue weighted by atomic mass is 9.92. The van der Waals surface area contributed by atoms with Crippen molar-refractivity contribution in [3.05, 3.63) is 0 Å². The molecule has 1 fully saturated rings. The van der Waals surface area contributed by atoms with Gasteiger partial charge in [-0.1, -0.05) is 20.8 Å². The Morgan fingerprint density at radius 2 is 2.08 bits per heavy atom. The molecule has 0 aromatic rings. The third-order valence-electron chi connectivity index (χ3n) is 2.86. The molecule has 2 heteroatoms. The third kappa shape index (κ3) is 3.65. The molecule has 0 saturated carbocycles. The summed E-state index contributed by atoms with van der Waals surface area (Å²) >= 11 is 0. The molecule has 1 saturated heterocycles. The predicted molar refractivity (Wildman–Crippen MR) is 55.8 cm³/mol. The van der Waals surface area contributed by atoms with Crippen LogP contribution in [0.15, 0.2) is 0 Å². The van der Waals surface area contributed by atoms with Crippen molar-refractivity contribution in [3.8, 4) is 0 Å². The summed E-state index contributed by atoms with van der Waals surface area (Å²) in [7, 11) is 0. The number of aliphatic hydroxyl groups excluding tert-OH is 1. The average Bonchev–Trinajstić information content (AvgIpc) is 2.46. The Labute approximate surface area is 81.9 Å². The number of likely N-dealkylation sites (tertiary alicyclic amines) is 1. The number of nitrogens with zero attached hydrogens (tertiary/aromatic N) is 1. The fraction of sp³-hybridized carbons (Fsp3) is 1.00. The van der Waals surface area contributed by atoms with E-state index in [4.69, 9.17) is 5.11 Å². The van der Waals surface area contributed by atoms with Gasteiger partial charge in [-0.3, -0.25) is 4.90 Å². The molecular weight excluding hydrogens is 162 g/mol. The van der Waals surface area contributed by atoms with E-state index >= 15 is 0 Å². The fourth-order valence-corrected chi connectivity index (χ4v) is 1.88. The van der Waals surface area contributed by atoms with Crippen LogP contribution in [0.5, 0.6) is 0 Å². The van der Waals surface area contributed by atoms with Gasteiger partial charge in [-0.05, 0) is 37.8 Å². The van der Waals surface area contributed by atoms with Gasteiger partial charge >= 0.3 is 0 Å². The summed E-state index contributed by atoms with van der Waals surface area (Å²) in [5.41, 5.74) is 0.419. The lowest BCUT2D eigenvalue weighted by molar-refractivity contribution is 0.145. The highest BCUT2D eigenvalue weighted by atomic mass is 16.3. The number of hydrogen-bond acceptors (Lipinski definition) is 2. The van der Waals surface area contributed by atoms with Crippen LogP contribution >= 0.6 is 0 Å². The monoisotopic (exact) mass is 185 g/mol. The van der Waals surface area contributed by atoms with E-state index in [0.29, 0.717) is 18.1 Å². The second kappa shape index (κ2) is 4.43. The van der Waals surface area contributed by atoms with Crippen molar-refractivity contribution in [1.29, 1.82) is 0 Å². The Morgan fingerprint density at radius 3 is 2.62 bits per heavy atom. The number of hydrogen-bond donors (Lipinski definition) is 1. The lowest BCUT2D eigenvalue weighted by Gasteiger charge is -2.27. The molecule has 0 bridgehead atoms. The summed E-state index contributed by atoms with van der Waals surface area (Å²) in [6, 6.07) is 0.447. The van der Waals surface area contributed by atoms with Crippen LogP contribution in [0.2, 0.25) is 0 Å². The highest BCUT2D eigenvalue weighted by Gasteiger charge is 2.24. The summed E-state index contributed by atoms with van der Waals surface area (Å²) in [6.45, 7) is 9.49. The first-order valence-electron chi connectivity index (χ1n) is 5.38. The van der Waals surface area contributed by atoms with Crippen molar-refractivity contribution in [3.63, 3.8) is 0 Å². The average molecular weight is 185 g/mol. The van der Waals surface area contributed by atoms with Crippen molar-refractivity contribution in [2.45, 2.75) is 46.1 Å². The van der Waals surface area contributed by atoms with Gasteiger partial charge in [-0.15, -0.1) is 0 Å². The normalized spacial score (nSPS) is 25.4. The number of rotatable bonds is 3. The molecule has 78 valence electrons. The van der Waals surface area contributed by atoms with Crippen LogP contribution in [0.1, 0.15) is 40.0 Å². The first kappa shape index (κ1) is 11.0. The molecule has 2 nitrogen and oxygen atoms in total. The molecule has 1 rings (SSSR count). The molecule has 1 heterocycles. The maximum Gasteiger partial charge on any atom is 0.0586 e. The minimum Gasteiger partial charge on any atom is -0.395 e. The van der Waals surface area contributed by atoms with Gasteiger partial charge in [-0.2, -0.15) is 0 Å². The molecule has 0 radical (unpaired) electrons. The zero-order valence-corrected chi connectivity index (χ0v) is 9.21. The van der Waals surface area contributed by atoms with E-state index in [-0.39, 0.29) is 0 Å². The van der Waals surface area contributed by atoms with E-state index in [1.165, 1.54) is 25.8 Å². The first-order chi connectivity index (χ1) is 6.03. The van der Waals surface area contributed by atoms with Crippen LogP contribution in [0, 0.1) is 5.41 Å². The maximum absolute atomic E-state index is 9.12. The Hall–Kier alpha value is -0.0800. The Morgan fingerprint density at radius 1 is 1.38 bits per heavy atom. The third-order valence-corrected chi connectivity index (χ3v) is 2.86. The molecule has 0 aromatic carbocycles. The largest absolute Gasteiger partial charge is 0.395 e. The van der Waals surface area contributed by atoms with Gasteiger partial charge in [0, 0.05) is 6.04 Å². The summed E-state index contributed by atoms with van der Waals surface area (Å²) in [5.74, 6) is 0. The van der Waals surface area contributed by atoms with Crippen LogP contribution in [0.25, 0.3) is 0 Å². The van der Waals surface area contributed by atoms with Gasteiger partial charge in [0.25, 0.3) is 0 Å². The Bertz CT molecular complexity index is 151. The van der Waals surface area contributed by atoms with E-state index in [1.54, 1.807) is 0 Å². The van der Waals surface area contributed by atoms with E-state index in [9.17, 15) is 0 Å². The van der Waals surface area contributed by atoms with E-state index in [2.05, 4.69) is 25.7 Å². The summed E-state index contributed by atoms with van der Waals surface area (Å²) < 4.78 is 0. The standard InChI is InChI=1S/C11H23NO/c1-11(2,3)6-8-12-7-4-5-10(12)9-13/h10,13H,4-9H2,1-3H3/t10-/m1/s1. The van der Waals surface area contributed by atoms with Crippen molar-refractivity contribution in [2.24, 2.45) is 5.41 Å². The highest BCUT2D eigenvalue weighted by Crippen LogP contribution is 2.23. The SMILES string of the molecule is CC(C)(C)CCN1CCC[C@@H]1CO. The highest BCUT2D eigenvalue weighted by molar-refractivity contribution is 4.79. The van der Waals surface area contributed by atoms with Crippen LogP contribution in [0.3, 0.4) is 0 Å². The first-order valence-corrected chi connectivity index (χ1v) is 5.38. The quantitative estimate of drug-likeness (QED) is 0.725.